The Kier molecular flexibility index (Phi) is 12.6. The van der Waals surface area contributed by atoms with Crippen molar-refractivity contribution in [1.29, 1.82) is 0 Å². The van der Waals surface area contributed by atoms with Crippen LogP contribution in [-0.2, 0) is 19.0 Å². The summed E-state index contributed by atoms with van der Waals surface area (Å²) in [5.74, 6) is -0.0962. The van der Waals surface area contributed by atoms with E-state index in [9.17, 15) is 4.79 Å². The van der Waals surface area contributed by atoms with Gasteiger partial charge in [-0.3, -0.25) is 4.79 Å². The first-order valence-corrected chi connectivity index (χ1v) is 8.10. The highest BCUT2D eigenvalue weighted by atomic mass is 16.6. The molecule has 0 unspecified atom stereocenters. The monoisotopic (exact) mass is 304 g/mol. The number of hydrogen-bond donors (Lipinski definition) is 1. The number of hydrogen-bond acceptors (Lipinski definition) is 5. The van der Waals surface area contributed by atoms with Crippen molar-refractivity contribution in [3.8, 4) is 0 Å². The molecule has 0 aromatic heterocycles. The van der Waals surface area contributed by atoms with Gasteiger partial charge in [0.15, 0.2) is 0 Å². The summed E-state index contributed by atoms with van der Waals surface area (Å²) >= 11 is 0. The van der Waals surface area contributed by atoms with E-state index >= 15 is 0 Å². The zero-order chi connectivity index (χ0) is 16.0. The topological polar surface area (TPSA) is 65.0 Å². The standard InChI is InChI=1S/C16H32O5/c1-4-7-8-16(5-2,6-3)15(18)21-14-13-20-12-11-19-10-9-17/h17H,4-14H2,1-3H3. The molecule has 0 heterocycles. The van der Waals surface area contributed by atoms with Crippen LogP contribution in [0.25, 0.3) is 0 Å². The predicted octanol–water partition coefficient (Wildman–Crippen LogP) is 2.55. The summed E-state index contributed by atoms with van der Waals surface area (Å²) in [7, 11) is 0. The van der Waals surface area contributed by atoms with E-state index in [1.165, 1.54) is 0 Å². The normalized spacial score (nSPS) is 11.6. The van der Waals surface area contributed by atoms with Gasteiger partial charge in [-0.2, -0.15) is 0 Å². The number of carbonyl (C=O) groups excluding carboxylic acids is 1. The number of aliphatic hydroxyl groups is 1. The molecule has 0 aromatic carbocycles. The minimum absolute atomic E-state index is 0.0193. The molecule has 5 heteroatoms. The average Bonchev–Trinajstić information content (AvgIpc) is 2.51. The minimum Gasteiger partial charge on any atom is -0.463 e. The lowest BCUT2D eigenvalue weighted by Crippen LogP contribution is -2.32. The molecule has 1 N–H and O–H groups in total. The van der Waals surface area contributed by atoms with Gasteiger partial charge in [-0.05, 0) is 19.3 Å². The van der Waals surface area contributed by atoms with Gasteiger partial charge < -0.3 is 19.3 Å². The Morgan fingerprint density at radius 2 is 1.52 bits per heavy atom. The maximum atomic E-state index is 12.3. The van der Waals surface area contributed by atoms with Crippen molar-refractivity contribution in [1.82, 2.24) is 0 Å². The van der Waals surface area contributed by atoms with Crippen LogP contribution < -0.4 is 0 Å². The Balaban J connectivity index is 3.88. The average molecular weight is 304 g/mol. The molecule has 0 aromatic rings. The molecule has 0 radical (unpaired) electrons. The third-order valence-corrected chi connectivity index (χ3v) is 3.86. The number of carbonyl (C=O) groups is 1. The molecule has 0 saturated carbocycles. The van der Waals surface area contributed by atoms with E-state index in [0.717, 1.165) is 32.1 Å². The first-order valence-electron chi connectivity index (χ1n) is 8.10. The van der Waals surface area contributed by atoms with Gasteiger partial charge >= 0.3 is 5.97 Å². The molecule has 0 aliphatic heterocycles. The van der Waals surface area contributed by atoms with E-state index in [1.807, 2.05) is 0 Å². The molecule has 0 amide bonds. The van der Waals surface area contributed by atoms with Crippen molar-refractivity contribution in [3.05, 3.63) is 0 Å². The van der Waals surface area contributed by atoms with E-state index in [2.05, 4.69) is 20.8 Å². The summed E-state index contributed by atoms with van der Waals surface area (Å²) in [5.41, 5.74) is -0.333. The highest BCUT2D eigenvalue weighted by Gasteiger charge is 2.35. The van der Waals surface area contributed by atoms with Crippen LogP contribution in [0.3, 0.4) is 0 Å². The molecular weight excluding hydrogens is 272 g/mol. The summed E-state index contributed by atoms with van der Waals surface area (Å²) < 4.78 is 15.7. The van der Waals surface area contributed by atoms with Gasteiger partial charge in [-0.25, -0.2) is 0 Å². The summed E-state index contributed by atoms with van der Waals surface area (Å²) in [6, 6.07) is 0. The van der Waals surface area contributed by atoms with Crippen LogP contribution in [0, 0.1) is 5.41 Å². The summed E-state index contributed by atoms with van der Waals surface area (Å²) in [4.78, 5) is 12.3. The van der Waals surface area contributed by atoms with Gasteiger partial charge in [0, 0.05) is 0 Å². The Hall–Kier alpha value is -0.650. The molecule has 0 spiro atoms. The number of ether oxygens (including phenoxy) is 3. The maximum Gasteiger partial charge on any atom is 0.312 e. The first kappa shape index (κ1) is 20.3. The quantitative estimate of drug-likeness (QED) is 0.395. The van der Waals surface area contributed by atoms with Crippen LogP contribution in [0.2, 0.25) is 0 Å². The minimum atomic E-state index is -0.333. The van der Waals surface area contributed by atoms with Gasteiger partial charge in [0.1, 0.15) is 6.61 Å². The maximum absolute atomic E-state index is 12.3. The van der Waals surface area contributed by atoms with Crippen LogP contribution in [0.4, 0.5) is 0 Å². The molecular formula is C16H32O5. The number of rotatable bonds is 14. The Bertz CT molecular complexity index is 251. The second kappa shape index (κ2) is 13.0. The predicted molar refractivity (Wildman–Crippen MR) is 82.2 cm³/mol. The van der Waals surface area contributed by atoms with Crippen molar-refractivity contribution in [2.24, 2.45) is 5.41 Å². The van der Waals surface area contributed by atoms with Crippen LogP contribution in [-0.4, -0.2) is 50.7 Å². The van der Waals surface area contributed by atoms with Gasteiger partial charge in [0.25, 0.3) is 0 Å². The van der Waals surface area contributed by atoms with Gasteiger partial charge in [0.2, 0.25) is 0 Å². The van der Waals surface area contributed by atoms with Crippen molar-refractivity contribution in [2.45, 2.75) is 52.9 Å². The number of unbranched alkanes of at least 4 members (excludes halogenated alkanes) is 1. The van der Waals surface area contributed by atoms with Gasteiger partial charge in [-0.15, -0.1) is 0 Å². The van der Waals surface area contributed by atoms with E-state index in [4.69, 9.17) is 19.3 Å². The van der Waals surface area contributed by atoms with E-state index in [-0.39, 0.29) is 24.6 Å². The lowest BCUT2D eigenvalue weighted by molar-refractivity contribution is -0.158. The summed E-state index contributed by atoms with van der Waals surface area (Å²) in [5, 5.41) is 8.53. The molecule has 126 valence electrons. The second-order valence-electron chi connectivity index (χ2n) is 5.18. The molecule has 0 bridgehead atoms. The van der Waals surface area contributed by atoms with Crippen molar-refractivity contribution in [2.75, 3.05) is 39.6 Å². The van der Waals surface area contributed by atoms with E-state index < -0.39 is 0 Å². The van der Waals surface area contributed by atoms with E-state index in [0.29, 0.717) is 26.4 Å². The molecule has 5 nitrogen and oxygen atoms in total. The summed E-state index contributed by atoms with van der Waals surface area (Å²) in [6.07, 6.45) is 4.67. The SMILES string of the molecule is CCCCC(CC)(CC)C(=O)OCCOCCOCCO. The molecule has 0 rings (SSSR count). The smallest absolute Gasteiger partial charge is 0.312 e. The van der Waals surface area contributed by atoms with Crippen LogP contribution in [0.1, 0.15) is 52.9 Å². The highest BCUT2D eigenvalue weighted by Crippen LogP contribution is 2.34. The first-order chi connectivity index (χ1) is 10.2. The van der Waals surface area contributed by atoms with Gasteiger partial charge in [-0.1, -0.05) is 33.6 Å². The Morgan fingerprint density at radius 3 is 2.05 bits per heavy atom. The van der Waals surface area contributed by atoms with Gasteiger partial charge in [0.05, 0.1) is 38.4 Å². The zero-order valence-corrected chi connectivity index (χ0v) is 13.9. The molecule has 0 atom stereocenters. The lowest BCUT2D eigenvalue weighted by Gasteiger charge is -2.29. The lowest BCUT2D eigenvalue weighted by atomic mass is 9.78. The Morgan fingerprint density at radius 1 is 0.952 bits per heavy atom. The molecule has 0 fully saturated rings. The molecule has 0 saturated heterocycles. The second-order valence-corrected chi connectivity index (χ2v) is 5.18. The van der Waals surface area contributed by atoms with E-state index in [1.54, 1.807) is 0 Å². The zero-order valence-electron chi connectivity index (χ0n) is 13.9. The fraction of sp³-hybridized carbons (Fsp3) is 0.938. The number of esters is 1. The third-order valence-electron chi connectivity index (χ3n) is 3.86. The molecule has 21 heavy (non-hydrogen) atoms. The van der Waals surface area contributed by atoms with Crippen molar-refractivity contribution >= 4 is 5.97 Å². The summed E-state index contributed by atoms with van der Waals surface area (Å²) in [6.45, 7) is 8.13. The van der Waals surface area contributed by atoms with Crippen LogP contribution >= 0.6 is 0 Å². The molecule has 0 aliphatic rings. The van der Waals surface area contributed by atoms with Crippen LogP contribution in [0.15, 0.2) is 0 Å². The van der Waals surface area contributed by atoms with Crippen LogP contribution in [0.5, 0.6) is 0 Å². The van der Waals surface area contributed by atoms with Crippen molar-refractivity contribution < 1.29 is 24.1 Å². The fourth-order valence-corrected chi connectivity index (χ4v) is 2.24. The highest BCUT2D eigenvalue weighted by molar-refractivity contribution is 5.76. The largest absolute Gasteiger partial charge is 0.463 e. The Labute approximate surface area is 129 Å². The fourth-order valence-electron chi connectivity index (χ4n) is 2.24. The molecule has 0 aliphatic carbocycles. The number of aliphatic hydroxyl groups excluding tert-OH is 1. The van der Waals surface area contributed by atoms with Crippen molar-refractivity contribution in [3.63, 3.8) is 0 Å². The third kappa shape index (κ3) is 8.39.